The highest BCUT2D eigenvalue weighted by molar-refractivity contribution is 5.68. The maximum Gasteiger partial charge on any atom is 0.410 e. The van der Waals surface area contributed by atoms with E-state index in [9.17, 15) is 4.79 Å². The zero-order valence-corrected chi connectivity index (χ0v) is 13.8. The molecule has 0 N–H and O–H groups in total. The molecular formula is C19H25NO2. The molecule has 1 heterocycles. The van der Waals surface area contributed by atoms with Crippen LogP contribution in [0.2, 0.25) is 0 Å². The first kappa shape index (κ1) is 15.1. The molecule has 1 aliphatic heterocycles. The Hall–Kier alpha value is -1.77. The molecule has 0 atom stereocenters. The molecule has 3 heteroatoms. The first-order chi connectivity index (χ1) is 10.4. The largest absolute Gasteiger partial charge is 0.444 e. The Labute approximate surface area is 133 Å². The molecular weight excluding hydrogens is 274 g/mol. The summed E-state index contributed by atoms with van der Waals surface area (Å²) in [5, 5.41) is 0. The van der Waals surface area contributed by atoms with Crippen LogP contribution in [0.25, 0.3) is 6.08 Å². The number of benzene rings is 1. The van der Waals surface area contributed by atoms with Gasteiger partial charge in [0.2, 0.25) is 0 Å². The molecule has 0 bridgehead atoms. The summed E-state index contributed by atoms with van der Waals surface area (Å²) in [6, 6.07) is 8.60. The second kappa shape index (κ2) is 5.45. The average molecular weight is 299 g/mol. The zero-order valence-electron chi connectivity index (χ0n) is 13.8. The molecule has 118 valence electrons. The van der Waals surface area contributed by atoms with Crippen LogP contribution in [0.4, 0.5) is 4.79 Å². The molecule has 0 saturated carbocycles. The van der Waals surface area contributed by atoms with Gasteiger partial charge in [-0.2, -0.15) is 0 Å². The summed E-state index contributed by atoms with van der Waals surface area (Å²) in [6.45, 7) is 7.30. The lowest BCUT2D eigenvalue weighted by Crippen LogP contribution is -2.45. The number of piperidine rings is 1. The van der Waals surface area contributed by atoms with Gasteiger partial charge in [-0.3, -0.25) is 0 Å². The van der Waals surface area contributed by atoms with Crippen molar-refractivity contribution >= 4 is 12.2 Å². The fourth-order valence-electron chi connectivity index (χ4n) is 3.37. The van der Waals surface area contributed by atoms with Crippen LogP contribution < -0.4 is 0 Å². The number of hydrogen-bond donors (Lipinski definition) is 0. The van der Waals surface area contributed by atoms with E-state index in [1.54, 1.807) is 0 Å². The first-order valence-corrected chi connectivity index (χ1v) is 8.12. The Morgan fingerprint density at radius 3 is 2.55 bits per heavy atom. The van der Waals surface area contributed by atoms with Gasteiger partial charge in [0, 0.05) is 13.1 Å². The van der Waals surface area contributed by atoms with E-state index in [2.05, 4.69) is 36.4 Å². The Kier molecular flexibility index (Phi) is 3.75. The van der Waals surface area contributed by atoms with Crippen molar-refractivity contribution in [2.45, 2.75) is 45.6 Å². The quantitative estimate of drug-likeness (QED) is 0.716. The van der Waals surface area contributed by atoms with Crippen molar-refractivity contribution in [2.24, 2.45) is 5.41 Å². The van der Waals surface area contributed by atoms with Crippen LogP contribution in [-0.2, 0) is 11.2 Å². The summed E-state index contributed by atoms with van der Waals surface area (Å²) < 4.78 is 5.48. The highest BCUT2D eigenvalue weighted by Crippen LogP contribution is 2.41. The second-order valence-electron chi connectivity index (χ2n) is 7.54. The van der Waals surface area contributed by atoms with Crippen LogP contribution in [0.5, 0.6) is 0 Å². The minimum Gasteiger partial charge on any atom is -0.444 e. The number of fused-ring (bicyclic) bond motifs is 1. The Morgan fingerprint density at radius 2 is 1.86 bits per heavy atom. The molecule has 1 amide bonds. The van der Waals surface area contributed by atoms with Crippen LogP contribution in [0.3, 0.4) is 0 Å². The molecule has 1 aromatic carbocycles. The maximum absolute atomic E-state index is 12.2. The minimum atomic E-state index is -0.421. The SMILES string of the molecule is CC(C)(C)OC(=O)N1CCC2(C=Cc3ccccc3C2)CC1. The molecule has 1 spiro atoms. The van der Waals surface area contributed by atoms with Crippen LogP contribution in [-0.4, -0.2) is 29.7 Å². The molecule has 3 rings (SSSR count). The number of likely N-dealkylation sites (tertiary alicyclic amines) is 1. The summed E-state index contributed by atoms with van der Waals surface area (Å²) in [5.74, 6) is 0. The van der Waals surface area contributed by atoms with Crippen molar-refractivity contribution < 1.29 is 9.53 Å². The highest BCUT2D eigenvalue weighted by atomic mass is 16.6. The number of carbonyl (C=O) groups excluding carboxylic acids is 1. The van der Waals surface area contributed by atoms with Crippen molar-refractivity contribution in [1.29, 1.82) is 0 Å². The summed E-state index contributed by atoms with van der Waals surface area (Å²) in [5.41, 5.74) is 2.56. The van der Waals surface area contributed by atoms with Crippen LogP contribution in [0.1, 0.15) is 44.7 Å². The predicted molar refractivity (Wildman–Crippen MR) is 88.7 cm³/mol. The third-order valence-corrected chi connectivity index (χ3v) is 4.62. The van der Waals surface area contributed by atoms with Crippen molar-refractivity contribution in [1.82, 2.24) is 4.90 Å². The lowest BCUT2D eigenvalue weighted by Gasteiger charge is -2.42. The Morgan fingerprint density at radius 1 is 1.18 bits per heavy atom. The number of amides is 1. The number of nitrogens with zero attached hydrogens (tertiary/aromatic N) is 1. The van der Waals surface area contributed by atoms with E-state index in [4.69, 9.17) is 4.74 Å². The van der Waals surface area contributed by atoms with E-state index >= 15 is 0 Å². The number of carbonyl (C=O) groups is 1. The van der Waals surface area contributed by atoms with E-state index in [0.717, 1.165) is 32.4 Å². The summed E-state index contributed by atoms with van der Waals surface area (Å²) in [6.07, 6.45) is 7.54. The van der Waals surface area contributed by atoms with Gasteiger partial charge in [-0.25, -0.2) is 4.79 Å². The molecule has 0 radical (unpaired) electrons. The standard InChI is InChI=1S/C19H25NO2/c1-18(2,3)22-17(21)20-12-10-19(11-13-20)9-8-15-6-4-5-7-16(15)14-19/h4-9H,10-14H2,1-3H3. The van der Waals surface area contributed by atoms with Gasteiger partial charge in [0.25, 0.3) is 0 Å². The summed E-state index contributed by atoms with van der Waals surface area (Å²) in [7, 11) is 0. The van der Waals surface area contributed by atoms with Crippen molar-refractivity contribution in [2.75, 3.05) is 13.1 Å². The van der Waals surface area contributed by atoms with Gasteiger partial charge < -0.3 is 9.64 Å². The number of rotatable bonds is 0. The Balaban J connectivity index is 1.64. The molecule has 1 saturated heterocycles. The van der Waals surface area contributed by atoms with Crippen LogP contribution >= 0.6 is 0 Å². The van der Waals surface area contributed by atoms with E-state index < -0.39 is 5.60 Å². The fourth-order valence-corrected chi connectivity index (χ4v) is 3.37. The van der Waals surface area contributed by atoms with Gasteiger partial charge >= 0.3 is 6.09 Å². The maximum atomic E-state index is 12.2. The van der Waals surface area contributed by atoms with Gasteiger partial charge in [0.1, 0.15) is 5.60 Å². The monoisotopic (exact) mass is 299 g/mol. The lowest BCUT2D eigenvalue weighted by molar-refractivity contribution is 0.0143. The van der Waals surface area contributed by atoms with Crippen molar-refractivity contribution in [3.63, 3.8) is 0 Å². The van der Waals surface area contributed by atoms with E-state index in [1.807, 2.05) is 25.7 Å². The Bertz CT molecular complexity index is 590. The topological polar surface area (TPSA) is 29.5 Å². The number of allylic oxidation sites excluding steroid dienone is 1. The van der Waals surface area contributed by atoms with Gasteiger partial charge in [0.05, 0.1) is 0 Å². The van der Waals surface area contributed by atoms with Crippen molar-refractivity contribution in [3.05, 3.63) is 41.5 Å². The minimum absolute atomic E-state index is 0.178. The molecule has 1 aliphatic carbocycles. The smallest absolute Gasteiger partial charge is 0.410 e. The van der Waals surface area contributed by atoms with E-state index in [1.165, 1.54) is 11.1 Å². The van der Waals surface area contributed by atoms with Crippen LogP contribution in [0, 0.1) is 5.41 Å². The molecule has 1 aromatic rings. The van der Waals surface area contributed by atoms with Gasteiger partial charge in [0.15, 0.2) is 0 Å². The second-order valence-corrected chi connectivity index (χ2v) is 7.54. The zero-order chi connectivity index (χ0) is 15.8. The third kappa shape index (κ3) is 3.18. The molecule has 22 heavy (non-hydrogen) atoms. The highest BCUT2D eigenvalue weighted by Gasteiger charge is 2.36. The third-order valence-electron chi connectivity index (χ3n) is 4.62. The average Bonchev–Trinajstić information content (AvgIpc) is 2.46. The van der Waals surface area contributed by atoms with E-state index in [-0.39, 0.29) is 11.5 Å². The molecule has 0 aromatic heterocycles. The lowest BCUT2D eigenvalue weighted by atomic mass is 9.70. The van der Waals surface area contributed by atoms with Gasteiger partial charge in [-0.05, 0) is 56.6 Å². The molecule has 3 nitrogen and oxygen atoms in total. The van der Waals surface area contributed by atoms with E-state index in [0.29, 0.717) is 0 Å². The molecule has 2 aliphatic rings. The van der Waals surface area contributed by atoms with Gasteiger partial charge in [-0.15, -0.1) is 0 Å². The summed E-state index contributed by atoms with van der Waals surface area (Å²) in [4.78, 5) is 14.0. The molecule has 0 unspecified atom stereocenters. The van der Waals surface area contributed by atoms with Gasteiger partial charge in [-0.1, -0.05) is 36.4 Å². The predicted octanol–water partition coefficient (Wildman–Crippen LogP) is 4.27. The number of hydrogen-bond acceptors (Lipinski definition) is 2. The molecule has 1 fully saturated rings. The fraction of sp³-hybridized carbons (Fsp3) is 0.526. The van der Waals surface area contributed by atoms with Crippen LogP contribution in [0.15, 0.2) is 30.3 Å². The normalized spacial score (nSPS) is 19.9. The van der Waals surface area contributed by atoms with Crippen molar-refractivity contribution in [3.8, 4) is 0 Å². The number of ether oxygens (including phenoxy) is 1. The first-order valence-electron chi connectivity index (χ1n) is 8.12. The summed E-state index contributed by atoms with van der Waals surface area (Å²) >= 11 is 0.